The molecule has 1 amide bonds. The van der Waals surface area contributed by atoms with Crippen LogP contribution in [0.15, 0.2) is 36.4 Å². The molecule has 2 rings (SSSR count). The number of carbonyl (C=O) groups is 1. The minimum absolute atomic E-state index is 0.331. The summed E-state index contributed by atoms with van der Waals surface area (Å²) in [5, 5.41) is 2.71. The van der Waals surface area contributed by atoms with E-state index in [9.17, 15) is 4.79 Å². The molecule has 5 heteroatoms. The predicted octanol–water partition coefficient (Wildman–Crippen LogP) is 4.71. The van der Waals surface area contributed by atoms with Gasteiger partial charge in [-0.2, -0.15) is 0 Å². The van der Waals surface area contributed by atoms with Crippen molar-refractivity contribution in [3.8, 4) is 11.5 Å². The zero-order chi connectivity index (χ0) is 18.2. The van der Waals surface area contributed by atoms with Crippen LogP contribution in [0.25, 0.3) is 0 Å². The Kier molecular flexibility index (Phi) is 6.69. The first-order chi connectivity index (χ1) is 12.1. The standard InChI is InChI=1S/C20H25NO4/c1-5-15-7-10-19(14(3)11-15)25-13-16-8-9-17(24-6-2)12-18(16)21-20(22)23-4/h7-12H,5-6,13H2,1-4H3,(H,21,22). The van der Waals surface area contributed by atoms with Gasteiger partial charge < -0.3 is 14.2 Å². The lowest BCUT2D eigenvalue weighted by molar-refractivity contribution is 0.187. The number of benzene rings is 2. The van der Waals surface area contributed by atoms with Crippen LogP contribution in [0.5, 0.6) is 11.5 Å². The van der Waals surface area contributed by atoms with E-state index >= 15 is 0 Å². The van der Waals surface area contributed by atoms with Crippen molar-refractivity contribution >= 4 is 11.8 Å². The van der Waals surface area contributed by atoms with E-state index in [1.807, 2.05) is 32.0 Å². The summed E-state index contributed by atoms with van der Waals surface area (Å²) >= 11 is 0. The molecule has 25 heavy (non-hydrogen) atoms. The normalized spacial score (nSPS) is 10.2. The molecule has 0 saturated heterocycles. The van der Waals surface area contributed by atoms with Crippen molar-refractivity contribution < 1.29 is 19.0 Å². The molecule has 0 saturated carbocycles. The summed E-state index contributed by atoms with van der Waals surface area (Å²) < 4.78 is 16.1. The van der Waals surface area contributed by atoms with Crippen molar-refractivity contribution in [2.45, 2.75) is 33.8 Å². The molecule has 2 aromatic carbocycles. The van der Waals surface area contributed by atoms with E-state index in [2.05, 4.69) is 29.1 Å². The lowest BCUT2D eigenvalue weighted by Crippen LogP contribution is -2.13. The molecule has 0 spiro atoms. The SMILES string of the molecule is CCOc1ccc(COc2ccc(CC)cc2C)c(NC(=O)OC)c1. The van der Waals surface area contributed by atoms with Gasteiger partial charge >= 0.3 is 6.09 Å². The molecule has 1 N–H and O–H groups in total. The van der Waals surface area contributed by atoms with Gasteiger partial charge in [-0.15, -0.1) is 0 Å². The van der Waals surface area contributed by atoms with Crippen LogP contribution in [0.4, 0.5) is 10.5 Å². The molecule has 5 nitrogen and oxygen atoms in total. The predicted molar refractivity (Wildman–Crippen MR) is 98.5 cm³/mol. The van der Waals surface area contributed by atoms with Crippen molar-refractivity contribution in [3.05, 3.63) is 53.1 Å². The van der Waals surface area contributed by atoms with Crippen LogP contribution in [0.2, 0.25) is 0 Å². The molecule has 0 bridgehead atoms. The maximum Gasteiger partial charge on any atom is 0.411 e. The van der Waals surface area contributed by atoms with Crippen LogP contribution in [0.1, 0.15) is 30.5 Å². The van der Waals surface area contributed by atoms with Gasteiger partial charge in [0.15, 0.2) is 0 Å². The smallest absolute Gasteiger partial charge is 0.411 e. The quantitative estimate of drug-likeness (QED) is 0.791. The fourth-order valence-corrected chi connectivity index (χ4v) is 2.46. The van der Waals surface area contributed by atoms with E-state index in [0.717, 1.165) is 23.3 Å². The first-order valence-electron chi connectivity index (χ1n) is 8.40. The second kappa shape index (κ2) is 8.97. The topological polar surface area (TPSA) is 56.8 Å². The van der Waals surface area contributed by atoms with Crippen LogP contribution in [0, 0.1) is 6.92 Å². The van der Waals surface area contributed by atoms with Gasteiger partial charge in [0.2, 0.25) is 0 Å². The molecule has 0 aliphatic heterocycles. The molecule has 0 fully saturated rings. The molecule has 0 aromatic heterocycles. The lowest BCUT2D eigenvalue weighted by Gasteiger charge is -2.15. The van der Waals surface area contributed by atoms with E-state index in [0.29, 0.717) is 24.7 Å². The Morgan fingerprint density at radius 3 is 2.52 bits per heavy atom. The molecule has 134 valence electrons. The van der Waals surface area contributed by atoms with Gasteiger partial charge in [-0.3, -0.25) is 5.32 Å². The first kappa shape index (κ1) is 18.6. The lowest BCUT2D eigenvalue weighted by atomic mass is 10.1. The molecule has 0 aliphatic carbocycles. The van der Waals surface area contributed by atoms with Gasteiger partial charge in [-0.1, -0.05) is 19.1 Å². The van der Waals surface area contributed by atoms with Gasteiger partial charge in [0.05, 0.1) is 19.4 Å². The molecule has 0 unspecified atom stereocenters. The Balaban J connectivity index is 2.18. The molecule has 2 aromatic rings. The maximum absolute atomic E-state index is 11.6. The van der Waals surface area contributed by atoms with Gasteiger partial charge in [-0.25, -0.2) is 4.79 Å². The van der Waals surface area contributed by atoms with E-state index in [1.54, 1.807) is 6.07 Å². The summed E-state index contributed by atoms with van der Waals surface area (Å²) in [6.45, 7) is 6.95. The average molecular weight is 343 g/mol. The largest absolute Gasteiger partial charge is 0.494 e. The highest BCUT2D eigenvalue weighted by atomic mass is 16.5. The minimum Gasteiger partial charge on any atom is -0.494 e. The molecule has 0 aliphatic rings. The molecule has 0 atom stereocenters. The highest BCUT2D eigenvalue weighted by Gasteiger charge is 2.10. The number of hydrogen-bond acceptors (Lipinski definition) is 4. The summed E-state index contributed by atoms with van der Waals surface area (Å²) in [7, 11) is 1.33. The van der Waals surface area contributed by atoms with Gasteiger partial charge in [-0.05, 0) is 49.6 Å². The molecule has 0 heterocycles. The number of amides is 1. The maximum atomic E-state index is 11.6. The van der Waals surface area contributed by atoms with E-state index in [-0.39, 0.29) is 0 Å². The number of methoxy groups -OCH3 is 1. The van der Waals surface area contributed by atoms with Crippen molar-refractivity contribution in [2.75, 3.05) is 19.0 Å². The van der Waals surface area contributed by atoms with E-state index in [1.165, 1.54) is 12.7 Å². The van der Waals surface area contributed by atoms with Crippen LogP contribution in [-0.2, 0) is 17.8 Å². The van der Waals surface area contributed by atoms with E-state index < -0.39 is 6.09 Å². The van der Waals surface area contributed by atoms with Crippen molar-refractivity contribution in [1.29, 1.82) is 0 Å². The highest BCUT2D eigenvalue weighted by Crippen LogP contribution is 2.26. The number of nitrogens with one attached hydrogen (secondary N) is 1. The van der Waals surface area contributed by atoms with Gasteiger partial charge in [0, 0.05) is 11.6 Å². The third kappa shape index (κ3) is 5.14. The van der Waals surface area contributed by atoms with Crippen LogP contribution in [-0.4, -0.2) is 19.8 Å². The number of hydrogen-bond donors (Lipinski definition) is 1. The van der Waals surface area contributed by atoms with Crippen LogP contribution >= 0.6 is 0 Å². The summed E-state index contributed by atoms with van der Waals surface area (Å²) in [5.74, 6) is 1.51. The van der Waals surface area contributed by atoms with Gasteiger partial charge in [0.1, 0.15) is 18.1 Å². The van der Waals surface area contributed by atoms with Crippen molar-refractivity contribution in [3.63, 3.8) is 0 Å². The van der Waals surface area contributed by atoms with E-state index in [4.69, 9.17) is 9.47 Å². The Labute approximate surface area is 148 Å². The van der Waals surface area contributed by atoms with Crippen LogP contribution < -0.4 is 14.8 Å². The fraction of sp³-hybridized carbons (Fsp3) is 0.350. The Hall–Kier alpha value is -2.69. The minimum atomic E-state index is -0.529. The monoisotopic (exact) mass is 343 g/mol. The number of anilines is 1. The van der Waals surface area contributed by atoms with Crippen molar-refractivity contribution in [1.82, 2.24) is 0 Å². The second-order valence-electron chi connectivity index (χ2n) is 5.61. The summed E-state index contributed by atoms with van der Waals surface area (Å²) in [5.41, 5.74) is 3.82. The number of aryl methyl sites for hydroxylation is 2. The highest BCUT2D eigenvalue weighted by molar-refractivity contribution is 5.85. The summed E-state index contributed by atoms with van der Waals surface area (Å²) in [4.78, 5) is 11.6. The number of ether oxygens (including phenoxy) is 3. The number of rotatable bonds is 7. The average Bonchev–Trinajstić information content (AvgIpc) is 2.62. The Bertz CT molecular complexity index is 728. The van der Waals surface area contributed by atoms with Crippen molar-refractivity contribution in [2.24, 2.45) is 0 Å². The number of carbonyl (C=O) groups excluding carboxylic acids is 1. The zero-order valence-corrected chi connectivity index (χ0v) is 15.2. The third-order valence-electron chi connectivity index (χ3n) is 3.85. The Morgan fingerprint density at radius 2 is 1.88 bits per heavy atom. The summed E-state index contributed by atoms with van der Waals surface area (Å²) in [6, 6.07) is 11.7. The first-order valence-corrected chi connectivity index (χ1v) is 8.40. The third-order valence-corrected chi connectivity index (χ3v) is 3.85. The molecular weight excluding hydrogens is 318 g/mol. The Morgan fingerprint density at radius 1 is 1.08 bits per heavy atom. The van der Waals surface area contributed by atoms with Crippen LogP contribution in [0.3, 0.4) is 0 Å². The molecule has 0 radical (unpaired) electrons. The fourth-order valence-electron chi connectivity index (χ4n) is 2.46. The van der Waals surface area contributed by atoms with Gasteiger partial charge in [0.25, 0.3) is 0 Å². The zero-order valence-electron chi connectivity index (χ0n) is 15.2. The second-order valence-corrected chi connectivity index (χ2v) is 5.61. The summed E-state index contributed by atoms with van der Waals surface area (Å²) in [6.07, 6.45) is 0.464. The molecular formula is C20H25NO4.